The van der Waals surface area contributed by atoms with Gasteiger partial charge in [-0.1, -0.05) is 58.9 Å². The summed E-state index contributed by atoms with van der Waals surface area (Å²) in [5.74, 6) is -0.495. The van der Waals surface area contributed by atoms with Crippen LogP contribution in [0.4, 0.5) is 0 Å². The molecule has 0 fully saturated rings. The summed E-state index contributed by atoms with van der Waals surface area (Å²) < 4.78 is 5.47. The number of hydrogen-bond acceptors (Lipinski definition) is 3. The normalized spacial score (nSPS) is 16.6. The van der Waals surface area contributed by atoms with E-state index >= 15 is 0 Å². The van der Waals surface area contributed by atoms with Gasteiger partial charge in [-0.25, -0.2) is 4.79 Å². The van der Waals surface area contributed by atoms with Gasteiger partial charge in [0.1, 0.15) is 5.76 Å². The van der Waals surface area contributed by atoms with E-state index in [2.05, 4.69) is 52.0 Å². The van der Waals surface area contributed by atoms with Gasteiger partial charge >= 0.3 is 5.97 Å². The van der Waals surface area contributed by atoms with Crippen molar-refractivity contribution in [3.63, 3.8) is 0 Å². The molecule has 1 aliphatic rings. The lowest BCUT2D eigenvalue weighted by atomic mass is 9.63. The van der Waals surface area contributed by atoms with Crippen molar-refractivity contribution < 1.29 is 14.3 Å². The lowest BCUT2D eigenvalue weighted by Crippen LogP contribution is -2.33. The topological polar surface area (TPSA) is 76.5 Å². The maximum atomic E-state index is 11.1. The molecule has 0 spiro atoms. The van der Waals surface area contributed by atoms with Crippen LogP contribution in [-0.4, -0.2) is 17.6 Å². The van der Waals surface area contributed by atoms with E-state index in [0.29, 0.717) is 5.76 Å². The van der Waals surface area contributed by atoms with Crippen LogP contribution in [0.15, 0.2) is 46.9 Å². The molecule has 0 atom stereocenters. The number of furan rings is 1. The molecule has 0 bridgehead atoms. The highest BCUT2D eigenvalue weighted by atomic mass is 16.4. The first-order valence-electron chi connectivity index (χ1n) is 10.2. The Morgan fingerprint density at radius 2 is 1.52 bits per heavy atom. The van der Waals surface area contributed by atoms with Crippen molar-refractivity contribution in [1.29, 1.82) is 0 Å². The van der Waals surface area contributed by atoms with E-state index in [9.17, 15) is 4.79 Å². The van der Waals surface area contributed by atoms with Gasteiger partial charge in [0.15, 0.2) is 0 Å². The number of aromatic carboxylic acids is 1. The summed E-state index contributed by atoms with van der Waals surface area (Å²) in [5.41, 5.74) is 8.97. The second kappa shape index (κ2) is 7.68. The molecule has 1 heterocycles. The zero-order chi connectivity index (χ0) is 21.4. The maximum Gasteiger partial charge on any atom is 0.371 e. The molecule has 3 aromatic rings. The van der Waals surface area contributed by atoms with E-state index in [1.807, 2.05) is 13.0 Å². The fourth-order valence-electron chi connectivity index (χ4n) is 4.07. The third-order valence-corrected chi connectivity index (χ3v) is 5.91. The minimum atomic E-state index is -1.05. The van der Waals surface area contributed by atoms with Gasteiger partial charge < -0.3 is 15.3 Å². The summed E-state index contributed by atoms with van der Waals surface area (Å²) in [5, 5.41) is 11.4. The largest absolute Gasteiger partial charge is 0.475 e. The molecule has 0 saturated heterocycles. The highest BCUT2D eigenvalue weighted by molar-refractivity contribution is 5.89. The minimum absolute atomic E-state index is 0.0339. The number of hydrogen-bond donors (Lipinski definition) is 2. The molecule has 154 valence electrons. The maximum absolute atomic E-state index is 11.1. The number of nitrogens with two attached hydrogens (primary N) is 1. The van der Waals surface area contributed by atoms with Crippen LogP contribution in [0.5, 0.6) is 0 Å². The summed E-state index contributed by atoms with van der Waals surface area (Å²) in [7, 11) is 0. The van der Waals surface area contributed by atoms with Crippen molar-refractivity contribution in [2.75, 3.05) is 6.54 Å². The molecule has 0 radical (unpaired) electrons. The van der Waals surface area contributed by atoms with Gasteiger partial charge in [-0.2, -0.15) is 0 Å². The fourth-order valence-corrected chi connectivity index (χ4v) is 4.07. The zero-order valence-corrected chi connectivity index (χ0v) is 18.0. The zero-order valence-electron chi connectivity index (χ0n) is 18.0. The Labute approximate surface area is 172 Å². The summed E-state index contributed by atoms with van der Waals surface area (Å²) in [6.45, 7) is 12.0. The Hall–Kier alpha value is -2.59. The standard InChI is InChI=1S/C23H24O3.C2H7N/c1-22(2)9-10-23(3,4)18-13-16-11-15(6-5-14(16)12-17(18)22)19-7-8-20(26-19)21(24)25;1-2-3/h5-8,11-13H,9-10H2,1-4H3,(H,24,25);2-3H2,1H3. The Bertz CT molecular complexity index is 1040. The molecule has 3 N–H and O–H groups in total. The van der Waals surface area contributed by atoms with Crippen LogP contribution in [0.1, 0.15) is 69.1 Å². The van der Waals surface area contributed by atoms with E-state index < -0.39 is 5.97 Å². The third kappa shape index (κ3) is 4.08. The first-order chi connectivity index (χ1) is 13.6. The molecule has 4 rings (SSSR count). The van der Waals surface area contributed by atoms with Gasteiger partial charge in [-0.15, -0.1) is 0 Å². The number of carboxylic acids is 1. The summed E-state index contributed by atoms with van der Waals surface area (Å²) in [4.78, 5) is 11.1. The molecule has 0 aliphatic heterocycles. The van der Waals surface area contributed by atoms with Crippen molar-refractivity contribution >= 4 is 16.7 Å². The SMILES string of the molecule is CC1(C)CCC(C)(C)c2cc3cc(-c4ccc(C(=O)O)o4)ccc3cc21.CCN. The average molecular weight is 394 g/mol. The van der Waals surface area contributed by atoms with Crippen LogP contribution in [0.3, 0.4) is 0 Å². The van der Waals surface area contributed by atoms with Gasteiger partial charge in [0.05, 0.1) is 0 Å². The lowest BCUT2D eigenvalue weighted by Gasteiger charge is -2.42. The summed E-state index contributed by atoms with van der Waals surface area (Å²) in [6, 6.07) is 14.1. The molecule has 0 saturated carbocycles. The average Bonchev–Trinajstić information content (AvgIpc) is 3.15. The summed E-state index contributed by atoms with van der Waals surface area (Å²) in [6.07, 6.45) is 2.37. The Morgan fingerprint density at radius 3 is 2.03 bits per heavy atom. The molecular weight excluding hydrogens is 362 g/mol. The second-order valence-electron chi connectivity index (χ2n) is 9.10. The monoisotopic (exact) mass is 393 g/mol. The molecule has 0 unspecified atom stereocenters. The molecule has 1 aromatic heterocycles. The van der Waals surface area contributed by atoms with Crippen molar-refractivity contribution in [2.45, 2.75) is 58.3 Å². The van der Waals surface area contributed by atoms with E-state index in [0.717, 1.165) is 12.1 Å². The van der Waals surface area contributed by atoms with E-state index in [-0.39, 0.29) is 16.6 Å². The quantitative estimate of drug-likeness (QED) is 0.550. The molecule has 4 heteroatoms. The van der Waals surface area contributed by atoms with Gasteiger partial charge in [0.25, 0.3) is 0 Å². The fraction of sp³-hybridized carbons (Fsp3) is 0.400. The molecule has 0 amide bonds. The molecular formula is C25H31NO3. The van der Waals surface area contributed by atoms with Gasteiger partial charge in [0.2, 0.25) is 5.76 Å². The van der Waals surface area contributed by atoms with Crippen LogP contribution in [0, 0.1) is 0 Å². The minimum Gasteiger partial charge on any atom is -0.475 e. The number of benzene rings is 2. The third-order valence-electron chi connectivity index (χ3n) is 5.91. The van der Waals surface area contributed by atoms with E-state index in [1.165, 1.54) is 40.8 Å². The Kier molecular flexibility index (Phi) is 5.59. The highest BCUT2D eigenvalue weighted by Gasteiger charge is 2.37. The van der Waals surface area contributed by atoms with Crippen LogP contribution in [-0.2, 0) is 10.8 Å². The predicted octanol–water partition coefficient (Wildman–Crippen LogP) is 6.11. The molecule has 29 heavy (non-hydrogen) atoms. The Morgan fingerprint density at radius 1 is 0.966 bits per heavy atom. The van der Waals surface area contributed by atoms with Crippen molar-refractivity contribution in [2.24, 2.45) is 5.73 Å². The van der Waals surface area contributed by atoms with E-state index in [1.54, 1.807) is 6.07 Å². The van der Waals surface area contributed by atoms with Crippen LogP contribution < -0.4 is 5.73 Å². The Balaban J connectivity index is 0.000000755. The molecule has 4 nitrogen and oxygen atoms in total. The van der Waals surface area contributed by atoms with Crippen molar-refractivity contribution in [1.82, 2.24) is 0 Å². The second-order valence-corrected chi connectivity index (χ2v) is 9.10. The first kappa shape index (κ1) is 21.1. The lowest BCUT2D eigenvalue weighted by molar-refractivity contribution is 0.0663. The van der Waals surface area contributed by atoms with Gasteiger partial charge in [-0.05, 0) is 70.3 Å². The number of carbonyl (C=O) groups is 1. The smallest absolute Gasteiger partial charge is 0.371 e. The van der Waals surface area contributed by atoms with Gasteiger partial charge in [0, 0.05) is 5.56 Å². The van der Waals surface area contributed by atoms with Crippen molar-refractivity contribution in [3.8, 4) is 11.3 Å². The van der Waals surface area contributed by atoms with Gasteiger partial charge in [-0.3, -0.25) is 0 Å². The predicted molar refractivity (Wildman–Crippen MR) is 119 cm³/mol. The van der Waals surface area contributed by atoms with Crippen LogP contribution >= 0.6 is 0 Å². The number of fused-ring (bicyclic) bond motifs is 2. The molecule has 1 aliphatic carbocycles. The molecule has 2 aromatic carbocycles. The van der Waals surface area contributed by atoms with Crippen LogP contribution in [0.25, 0.3) is 22.1 Å². The highest BCUT2D eigenvalue weighted by Crippen LogP contribution is 2.47. The number of rotatable bonds is 2. The van der Waals surface area contributed by atoms with Crippen molar-refractivity contribution in [3.05, 3.63) is 59.4 Å². The number of carboxylic acid groups (broad SMARTS) is 1. The van der Waals surface area contributed by atoms with Crippen LogP contribution in [0.2, 0.25) is 0 Å². The van der Waals surface area contributed by atoms with E-state index in [4.69, 9.17) is 15.3 Å². The summed E-state index contributed by atoms with van der Waals surface area (Å²) >= 11 is 0. The first-order valence-corrected chi connectivity index (χ1v) is 10.2.